The quantitative estimate of drug-likeness (QED) is 0.702. The summed E-state index contributed by atoms with van der Waals surface area (Å²) in [5.41, 5.74) is 1.10. The number of rotatable bonds is 9. The third-order valence-electron chi connectivity index (χ3n) is 3.88. The topological polar surface area (TPSA) is 84.9 Å². The smallest absolute Gasteiger partial charge is 0.305 e. The van der Waals surface area contributed by atoms with Crippen molar-refractivity contribution in [3.05, 3.63) is 59.7 Å². The average Bonchev–Trinajstić information content (AvgIpc) is 2.65. The summed E-state index contributed by atoms with van der Waals surface area (Å²) < 4.78 is 11.0. The molecule has 0 aromatic heterocycles. The summed E-state index contributed by atoms with van der Waals surface area (Å²) in [6.07, 6.45) is -0.206. The van der Waals surface area contributed by atoms with Crippen LogP contribution in [-0.2, 0) is 4.79 Å². The van der Waals surface area contributed by atoms with Gasteiger partial charge in [0, 0.05) is 5.56 Å². The van der Waals surface area contributed by atoms with Gasteiger partial charge in [-0.1, -0.05) is 44.2 Å². The molecule has 6 heteroatoms. The Hall–Kier alpha value is -3.02. The zero-order valence-corrected chi connectivity index (χ0v) is 15.8. The molecule has 6 nitrogen and oxygen atoms in total. The van der Waals surface area contributed by atoms with E-state index in [2.05, 4.69) is 5.32 Å². The first kappa shape index (κ1) is 20.3. The number of carbonyl (C=O) groups excluding carboxylic acids is 1. The van der Waals surface area contributed by atoms with Crippen LogP contribution in [0.3, 0.4) is 0 Å². The Morgan fingerprint density at radius 3 is 2.37 bits per heavy atom. The zero-order chi connectivity index (χ0) is 19.8. The number of hydrogen-bond donors (Lipinski definition) is 2. The molecule has 2 aromatic rings. The van der Waals surface area contributed by atoms with Crippen molar-refractivity contribution >= 4 is 11.9 Å². The third kappa shape index (κ3) is 6.02. The molecule has 0 saturated heterocycles. The van der Waals surface area contributed by atoms with E-state index in [1.165, 1.54) is 7.11 Å². The molecule has 0 radical (unpaired) electrons. The maximum atomic E-state index is 12.7. The highest BCUT2D eigenvalue weighted by atomic mass is 16.5. The van der Waals surface area contributed by atoms with Crippen molar-refractivity contribution in [1.29, 1.82) is 0 Å². The highest BCUT2D eigenvalue weighted by Crippen LogP contribution is 2.29. The van der Waals surface area contributed by atoms with Gasteiger partial charge in [-0.15, -0.1) is 0 Å². The summed E-state index contributed by atoms with van der Waals surface area (Å²) in [5, 5.41) is 11.9. The number of amides is 1. The Labute approximate surface area is 159 Å². The molecule has 0 bridgehead atoms. The maximum Gasteiger partial charge on any atom is 0.305 e. The van der Waals surface area contributed by atoms with Gasteiger partial charge in [-0.3, -0.25) is 9.59 Å². The number of nitrogens with one attached hydrogen (secondary N) is 1. The van der Waals surface area contributed by atoms with Crippen LogP contribution in [0, 0.1) is 5.92 Å². The molecule has 0 fully saturated rings. The van der Waals surface area contributed by atoms with Crippen LogP contribution in [0.4, 0.5) is 0 Å². The van der Waals surface area contributed by atoms with Crippen LogP contribution in [-0.4, -0.2) is 30.7 Å². The van der Waals surface area contributed by atoms with Crippen LogP contribution >= 0.6 is 0 Å². The number of hydrogen-bond acceptors (Lipinski definition) is 4. The first-order valence-electron chi connectivity index (χ1n) is 8.79. The lowest BCUT2D eigenvalue weighted by atomic mass is 10.0. The van der Waals surface area contributed by atoms with Gasteiger partial charge < -0.3 is 19.9 Å². The fourth-order valence-electron chi connectivity index (χ4n) is 2.54. The Kier molecular flexibility index (Phi) is 7.23. The lowest BCUT2D eigenvalue weighted by Gasteiger charge is -2.18. The van der Waals surface area contributed by atoms with Crippen LogP contribution in [0.1, 0.15) is 42.2 Å². The second-order valence-electron chi connectivity index (χ2n) is 6.61. The van der Waals surface area contributed by atoms with Gasteiger partial charge in [0.1, 0.15) is 0 Å². The molecule has 1 amide bonds. The summed E-state index contributed by atoms with van der Waals surface area (Å²) >= 11 is 0. The summed E-state index contributed by atoms with van der Waals surface area (Å²) in [5.74, 6) is 0.0176. The molecule has 0 aliphatic heterocycles. The van der Waals surface area contributed by atoms with E-state index in [0.29, 0.717) is 29.6 Å². The maximum absolute atomic E-state index is 12.7. The number of aliphatic carboxylic acids is 1. The zero-order valence-electron chi connectivity index (χ0n) is 15.8. The summed E-state index contributed by atoms with van der Waals surface area (Å²) in [6.45, 7) is 4.62. The molecule has 1 atom stereocenters. The van der Waals surface area contributed by atoms with E-state index >= 15 is 0 Å². The molecule has 144 valence electrons. The molecule has 0 aliphatic carbocycles. The third-order valence-corrected chi connectivity index (χ3v) is 3.88. The normalized spacial score (nSPS) is 11.7. The fourth-order valence-corrected chi connectivity index (χ4v) is 2.54. The highest BCUT2D eigenvalue weighted by molar-refractivity contribution is 5.95. The molecule has 2 N–H and O–H groups in total. The van der Waals surface area contributed by atoms with Crippen molar-refractivity contribution in [2.24, 2.45) is 5.92 Å². The van der Waals surface area contributed by atoms with Crippen molar-refractivity contribution in [3.8, 4) is 11.5 Å². The Balaban J connectivity index is 2.18. The van der Waals surface area contributed by atoms with E-state index in [1.807, 2.05) is 19.9 Å². The van der Waals surface area contributed by atoms with Crippen LogP contribution in [0.25, 0.3) is 0 Å². The minimum atomic E-state index is -0.987. The lowest BCUT2D eigenvalue weighted by Crippen LogP contribution is -2.30. The number of carboxylic acids is 1. The molecular formula is C21H25NO5. The van der Waals surface area contributed by atoms with Gasteiger partial charge in [0.15, 0.2) is 11.5 Å². The van der Waals surface area contributed by atoms with Crippen molar-refractivity contribution in [1.82, 2.24) is 5.32 Å². The number of methoxy groups -OCH3 is 1. The average molecular weight is 371 g/mol. The standard InChI is InChI=1S/C21H25NO5/c1-14(2)13-27-18-10-9-16(11-19(18)26-3)21(25)22-17(12-20(23)24)15-7-5-4-6-8-15/h4-11,14,17H,12-13H2,1-3H3,(H,22,25)(H,23,24). The van der Waals surface area contributed by atoms with E-state index in [0.717, 1.165) is 5.56 Å². The lowest BCUT2D eigenvalue weighted by molar-refractivity contribution is -0.137. The van der Waals surface area contributed by atoms with Gasteiger partial charge in [-0.05, 0) is 29.7 Å². The molecule has 2 aromatic carbocycles. The Bertz CT molecular complexity index is 773. The van der Waals surface area contributed by atoms with E-state index in [-0.39, 0.29) is 12.3 Å². The predicted molar refractivity (Wildman–Crippen MR) is 102 cm³/mol. The minimum absolute atomic E-state index is 0.206. The second-order valence-corrected chi connectivity index (χ2v) is 6.61. The van der Waals surface area contributed by atoms with Gasteiger partial charge in [-0.25, -0.2) is 0 Å². The molecule has 0 spiro atoms. The molecule has 2 rings (SSSR count). The Morgan fingerprint density at radius 2 is 1.78 bits per heavy atom. The van der Waals surface area contributed by atoms with Crippen LogP contribution in [0.5, 0.6) is 11.5 Å². The van der Waals surface area contributed by atoms with Gasteiger partial charge in [0.25, 0.3) is 5.91 Å². The number of carboxylic acid groups (broad SMARTS) is 1. The molecule has 27 heavy (non-hydrogen) atoms. The van der Waals surface area contributed by atoms with Gasteiger partial charge in [-0.2, -0.15) is 0 Å². The predicted octanol–water partition coefficient (Wildman–Crippen LogP) is 3.68. The number of carbonyl (C=O) groups is 2. The van der Waals surface area contributed by atoms with Crippen molar-refractivity contribution in [2.45, 2.75) is 26.3 Å². The van der Waals surface area contributed by atoms with Crippen molar-refractivity contribution < 1.29 is 24.2 Å². The molecule has 0 saturated carbocycles. The van der Waals surface area contributed by atoms with Crippen molar-refractivity contribution in [3.63, 3.8) is 0 Å². The van der Waals surface area contributed by atoms with Crippen LogP contribution < -0.4 is 14.8 Å². The Morgan fingerprint density at radius 1 is 1.07 bits per heavy atom. The molecular weight excluding hydrogens is 346 g/mol. The van der Waals surface area contributed by atoms with Crippen LogP contribution in [0.2, 0.25) is 0 Å². The second kappa shape index (κ2) is 9.62. The largest absolute Gasteiger partial charge is 0.493 e. The van der Waals surface area contributed by atoms with E-state index < -0.39 is 12.0 Å². The molecule has 0 heterocycles. The SMILES string of the molecule is COc1cc(C(=O)NC(CC(=O)O)c2ccccc2)ccc1OCC(C)C. The van der Waals surface area contributed by atoms with Crippen LogP contribution in [0.15, 0.2) is 48.5 Å². The monoisotopic (exact) mass is 371 g/mol. The highest BCUT2D eigenvalue weighted by Gasteiger charge is 2.20. The molecule has 0 aliphatic rings. The van der Waals surface area contributed by atoms with Gasteiger partial charge in [0.05, 0.1) is 26.2 Å². The van der Waals surface area contributed by atoms with E-state index in [9.17, 15) is 9.59 Å². The first-order chi connectivity index (χ1) is 12.9. The summed E-state index contributed by atoms with van der Waals surface area (Å²) in [7, 11) is 1.51. The van der Waals surface area contributed by atoms with E-state index in [1.54, 1.807) is 42.5 Å². The summed E-state index contributed by atoms with van der Waals surface area (Å²) in [4.78, 5) is 23.8. The number of ether oxygens (including phenoxy) is 2. The minimum Gasteiger partial charge on any atom is -0.493 e. The summed E-state index contributed by atoms with van der Waals surface area (Å²) in [6, 6.07) is 13.3. The van der Waals surface area contributed by atoms with Gasteiger partial charge in [0.2, 0.25) is 0 Å². The molecule has 1 unspecified atom stereocenters. The van der Waals surface area contributed by atoms with E-state index in [4.69, 9.17) is 14.6 Å². The van der Waals surface area contributed by atoms with Crippen molar-refractivity contribution in [2.75, 3.05) is 13.7 Å². The first-order valence-corrected chi connectivity index (χ1v) is 8.79. The number of benzene rings is 2. The van der Waals surface area contributed by atoms with Gasteiger partial charge >= 0.3 is 5.97 Å². The fraction of sp³-hybridized carbons (Fsp3) is 0.333.